The van der Waals surface area contributed by atoms with E-state index in [1.165, 1.54) is 0 Å². The van der Waals surface area contributed by atoms with Gasteiger partial charge < -0.3 is 20.5 Å². The molecule has 5 nitrogen and oxygen atoms in total. The molecular formula is C19H24N2O3. The summed E-state index contributed by atoms with van der Waals surface area (Å²) in [6.45, 7) is 1.89. The van der Waals surface area contributed by atoms with Crippen molar-refractivity contribution in [3.63, 3.8) is 0 Å². The van der Waals surface area contributed by atoms with Gasteiger partial charge in [0.1, 0.15) is 11.5 Å². The normalized spacial score (nSPS) is 13.0. The van der Waals surface area contributed by atoms with Gasteiger partial charge in [-0.2, -0.15) is 0 Å². The number of hydrogen-bond donors (Lipinski definition) is 2. The molecule has 0 fully saturated rings. The number of hydrogen-bond acceptors (Lipinski definition) is 4. The highest BCUT2D eigenvalue weighted by Crippen LogP contribution is 2.29. The number of carbonyl (C=O) groups excluding carboxylic acids is 1. The minimum atomic E-state index is -0.605. The van der Waals surface area contributed by atoms with Crippen LogP contribution in [0.1, 0.15) is 24.1 Å². The van der Waals surface area contributed by atoms with Crippen LogP contribution in [0.15, 0.2) is 48.5 Å². The molecule has 1 amide bonds. The Morgan fingerprint density at radius 1 is 1.12 bits per heavy atom. The van der Waals surface area contributed by atoms with Gasteiger partial charge in [0.2, 0.25) is 5.91 Å². The van der Waals surface area contributed by atoms with Gasteiger partial charge in [-0.3, -0.25) is 4.79 Å². The Labute approximate surface area is 142 Å². The minimum Gasteiger partial charge on any atom is -0.497 e. The number of ether oxygens (including phenoxy) is 2. The predicted molar refractivity (Wildman–Crippen MR) is 94.2 cm³/mol. The van der Waals surface area contributed by atoms with Crippen molar-refractivity contribution in [2.75, 3.05) is 14.2 Å². The number of rotatable bonds is 7. The van der Waals surface area contributed by atoms with Gasteiger partial charge in [0, 0.05) is 5.56 Å². The molecule has 0 spiro atoms. The van der Waals surface area contributed by atoms with Crippen LogP contribution in [-0.4, -0.2) is 26.2 Å². The largest absolute Gasteiger partial charge is 0.497 e. The number of nitrogens with two attached hydrogens (primary N) is 1. The fraction of sp³-hybridized carbons (Fsp3) is 0.316. The lowest BCUT2D eigenvalue weighted by Gasteiger charge is -2.20. The first-order valence-electron chi connectivity index (χ1n) is 7.87. The van der Waals surface area contributed by atoms with Crippen LogP contribution in [0.3, 0.4) is 0 Å². The van der Waals surface area contributed by atoms with Crippen molar-refractivity contribution in [2.45, 2.75) is 25.4 Å². The van der Waals surface area contributed by atoms with Crippen LogP contribution in [0, 0.1) is 0 Å². The first-order valence-corrected chi connectivity index (χ1v) is 7.87. The smallest absolute Gasteiger partial charge is 0.237 e. The van der Waals surface area contributed by atoms with E-state index in [2.05, 4.69) is 5.32 Å². The quantitative estimate of drug-likeness (QED) is 0.819. The Kier molecular flexibility index (Phi) is 6.21. The van der Waals surface area contributed by atoms with Crippen molar-refractivity contribution >= 4 is 5.91 Å². The maximum absolute atomic E-state index is 12.4. The van der Waals surface area contributed by atoms with Gasteiger partial charge in [0.25, 0.3) is 0 Å². The van der Waals surface area contributed by atoms with Gasteiger partial charge in [0.05, 0.1) is 26.3 Å². The van der Waals surface area contributed by atoms with Crippen LogP contribution in [0.5, 0.6) is 11.5 Å². The molecule has 2 aromatic rings. The van der Waals surface area contributed by atoms with Gasteiger partial charge in [0.15, 0.2) is 0 Å². The topological polar surface area (TPSA) is 73.6 Å². The molecule has 0 aliphatic rings. The Hall–Kier alpha value is -2.53. The Bertz CT molecular complexity index is 674. The van der Waals surface area contributed by atoms with Crippen molar-refractivity contribution in [3.8, 4) is 11.5 Å². The number of amides is 1. The lowest BCUT2D eigenvalue weighted by molar-refractivity contribution is -0.123. The number of methoxy groups -OCH3 is 2. The molecule has 2 rings (SSSR count). The van der Waals surface area contributed by atoms with E-state index in [9.17, 15) is 4.79 Å². The van der Waals surface area contributed by atoms with Crippen LogP contribution in [0.2, 0.25) is 0 Å². The molecule has 0 saturated heterocycles. The summed E-state index contributed by atoms with van der Waals surface area (Å²) < 4.78 is 10.6. The Morgan fingerprint density at radius 3 is 2.46 bits per heavy atom. The molecule has 128 valence electrons. The van der Waals surface area contributed by atoms with E-state index in [-0.39, 0.29) is 11.9 Å². The van der Waals surface area contributed by atoms with Gasteiger partial charge in [-0.05, 0) is 37.1 Å². The summed E-state index contributed by atoms with van der Waals surface area (Å²) >= 11 is 0. The Morgan fingerprint density at radius 2 is 1.83 bits per heavy atom. The van der Waals surface area contributed by atoms with E-state index in [1.54, 1.807) is 14.2 Å². The van der Waals surface area contributed by atoms with E-state index in [0.717, 1.165) is 11.1 Å². The van der Waals surface area contributed by atoms with Crippen molar-refractivity contribution in [2.24, 2.45) is 5.73 Å². The highest BCUT2D eigenvalue weighted by atomic mass is 16.5. The summed E-state index contributed by atoms with van der Waals surface area (Å²) in [5.41, 5.74) is 7.91. The molecule has 0 bridgehead atoms. The zero-order valence-corrected chi connectivity index (χ0v) is 14.3. The zero-order chi connectivity index (χ0) is 17.5. The molecule has 5 heteroatoms. The van der Waals surface area contributed by atoms with Crippen LogP contribution in [0.25, 0.3) is 0 Å². The summed E-state index contributed by atoms with van der Waals surface area (Å²) in [7, 11) is 3.20. The molecule has 2 atom stereocenters. The summed E-state index contributed by atoms with van der Waals surface area (Å²) in [6.07, 6.45) is 0.495. The molecule has 0 radical (unpaired) electrons. The van der Waals surface area contributed by atoms with E-state index >= 15 is 0 Å². The number of carbonyl (C=O) groups is 1. The first kappa shape index (κ1) is 17.8. The van der Waals surface area contributed by atoms with E-state index in [1.807, 2.05) is 55.5 Å². The van der Waals surface area contributed by atoms with Crippen LogP contribution in [0.4, 0.5) is 0 Å². The van der Waals surface area contributed by atoms with Crippen LogP contribution >= 0.6 is 0 Å². The average Bonchev–Trinajstić information content (AvgIpc) is 2.61. The lowest BCUT2D eigenvalue weighted by atomic mass is 10.0. The summed E-state index contributed by atoms with van der Waals surface area (Å²) in [4.78, 5) is 12.4. The maximum atomic E-state index is 12.4. The van der Waals surface area contributed by atoms with Crippen molar-refractivity contribution in [3.05, 3.63) is 59.7 Å². The van der Waals surface area contributed by atoms with E-state index in [0.29, 0.717) is 17.9 Å². The molecule has 3 N–H and O–H groups in total. The maximum Gasteiger partial charge on any atom is 0.237 e. The average molecular weight is 328 g/mol. The highest BCUT2D eigenvalue weighted by Gasteiger charge is 2.19. The molecule has 24 heavy (non-hydrogen) atoms. The van der Waals surface area contributed by atoms with Crippen molar-refractivity contribution in [1.82, 2.24) is 5.32 Å². The van der Waals surface area contributed by atoms with E-state index in [4.69, 9.17) is 15.2 Å². The molecule has 2 aromatic carbocycles. The highest BCUT2D eigenvalue weighted by molar-refractivity contribution is 5.82. The summed E-state index contributed by atoms with van der Waals surface area (Å²) in [6, 6.07) is 14.4. The second kappa shape index (κ2) is 8.36. The van der Waals surface area contributed by atoms with Crippen molar-refractivity contribution < 1.29 is 14.3 Å². The molecule has 0 saturated carbocycles. The third kappa shape index (κ3) is 4.49. The van der Waals surface area contributed by atoms with E-state index < -0.39 is 6.04 Å². The van der Waals surface area contributed by atoms with Gasteiger partial charge >= 0.3 is 0 Å². The molecule has 0 aromatic heterocycles. The predicted octanol–water partition coefficient (Wildman–Crippen LogP) is 2.45. The monoisotopic (exact) mass is 328 g/mol. The number of benzene rings is 2. The zero-order valence-electron chi connectivity index (χ0n) is 14.3. The standard InChI is InChI=1S/C19H24N2O3/c1-13(16-12-15(23-2)9-10-18(16)24-3)21-19(22)17(20)11-14-7-5-4-6-8-14/h4-10,12-13,17H,11,20H2,1-3H3,(H,21,22)/t13?,17-/m0/s1. The summed E-state index contributed by atoms with van der Waals surface area (Å²) in [5, 5.41) is 2.94. The Balaban J connectivity index is 2.05. The van der Waals surface area contributed by atoms with Gasteiger partial charge in [-0.25, -0.2) is 0 Å². The minimum absolute atomic E-state index is 0.198. The third-order valence-electron chi connectivity index (χ3n) is 3.90. The van der Waals surface area contributed by atoms with Crippen LogP contribution < -0.4 is 20.5 Å². The lowest BCUT2D eigenvalue weighted by Crippen LogP contribution is -2.43. The molecular weight excluding hydrogens is 304 g/mol. The SMILES string of the molecule is COc1ccc(OC)c(C(C)NC(=O)[C@@H](N)Cc2ccccc2)c1. The summed E-state index contributed by atoms with van der Waals surface area (Å²) in [5.74, 6) is 1.21. The first-order chi connectivity index (χ1) is 11.5. The fourth-order valence-electron chi connectivity index (χ4n) is 2.54. The molecule has 0 aliphatic carbocycles. The second-order valence-corrected chi connectivity index (χ2v) is 5.63. The molecule has 1 unspecified atom stereocenters. The van der Waals surface area contributed by atoms with Gasteiger partial charge in [-0.1, -0.05) is 30.3 Å². The van der Waals surface area contributed by atoms with Gasteiger partial charge in [-0.15, -0.1) is 0 Å². The second-order valence-electron chi connectivity index (χ2n) is 5.63. The number of nitrogens with one attached hydrogen (secondary N) is 1. The third-order valence-corrected chi connectivity index (χ3v) is 3.90. The fourth-order valence-corrected chi connectivity index (χ4v) is 2.54. The molecule has 0 aliphatic heterocycles. The van der Waals surface area contributed by atoms with Crippen molar-refractivity contribution in [1.29, 1.82) is 0 Å². The van der Waals surface area contributed by atoms with Crippen LogP contribution in [-0.2, 0) is 11.2 Å². The molecule has 0 heterocycles.